The van der Waals surface area contributed by atoms with Crippen LogP contribution in [0.4, 0.5) is 11.5 Å². The van der Waals surface area contributed by atoms with Gasteiger partial charge in [-0.05, 0) is 74.9 Å². The Morgan fingerprint density at radius 2 is 1.84 bits per heavy atom. The summed E-state index contributed by atoms with van der Waals surface area (Å²) in [7, 11) is 1.50. The number of amidine groups is 1. The van der Waals surface area contributed by atoms with Crippen LogP contribution in [0.1, 0.15) is 48.3 Å². The fourth-order valence-electron chi connectivity index (χ4n) is 4.59. The van der Waals surface area contributed by atoms with E-state index in [1.54, 1.807) is 60.8 Å². The van der Waals surface area contributed by atoms with Crippen LogP contribution < -0.4 is 30.8 Å². The quantitative estimate of drug-likeness (QED) is 0.150. The highest BCUT2D eigenvalue weighted by atomic mass is 16.5. The molecule has 2 amide bonds. The summed E-state index contributed by atoms with van der Waals surface area (Å²) in [5.41, 5.74) is 10.5. The molecule has 3 aromatic rings. The Morgan fingerprint density at radius 1 is 1.12 bits per heavy atom. The Morgan fingerprint density at radius 3 is 2.49 bits per heavy atom. The zero-order valence-electron chi connectivity index (χ0n) is 24.9. The number of morpholine rings is 1. The summed E-state index contributed by atoms with van der Waals surface area (Å²) >= 11 is 0. The molecule has 0 bridgehead atoms. The zero-order chi connectivity index (χ0) is 30.9. The largest absolute Gasteiger partial charge is 0.490 e. The standard InChI is InChI=1S/C31H39N7O5/c1-5-42-26-19-22(10-13-25(26)43-20(2)3)27(35-23-11-8-21(9-12-23)28(32)33)30(39)36-37(4)31(40)24-7-6-14-34-29(24)38-15-17-41-18-16-38/h6-14,19-20,27,35H,5,15-18H2,1-4H3,(H3,32,33)(H,36,39). The van der Waals surface area contributed by atoms with E-state index in [1.165, 1.54) is 7.05 Å². The number of nitrogens with one attached hydrogen (secondary N) is 3. The number of aromatic nitrogens is 1. The van der Waals surface area contributed by atoms with Gasteiger partial charge in [-0.2, -0.15) is 0 Å². The molecule has 1 aliphatic rings. The van der Waals surface area contributed by atoms with Crippen molar-refractivity contribution in [1.29, 1.82) is 5.41 Å². The van der Waals surface area contributed by atoms with Crippen LogP contribution in [0.2, 0.25) is 0 Å². The molecule has 2 heterocycles. The van der Waals surface area contributed by atoms with Gasteiger partial charge >= 0.3 is 0 Å². The highest BCUT2D eigenvalue weighted by Crippen LogP contribution is 2.33. The first-order valence-electron chi connectivity index (χ1n) is 14.2. The molecule has 1 fully saturated rings. The molecule has 12 heteroatoms. The summed E-state index contributed by atoms with van der Waals surface area (Å²) in [5, 5.41) is 12.1. The van der Waals surface area contributed by atoms with Crippen molar-refractivity contribution in [1.82, 2.24) is 15.4 Å². The average molecular weight is 590 g/mol. The van der Waals surface area contributed by atoms with E-state index in [0.29, 0.717) is 72.6 Å². The molecule has 0 saturated carbocycles. The van der Waals surface area contributed by atoms with E-state index in [2.05, 4.69) is 15.7 Å². The van der Waals surface area contributed by atoms with Crippen molar-refractivity contribution in [2.45, 2.75) is 32.9 Å². The molecule has 1 unspecified atom stereocenters. The van der Waals surface area contributed by atoms with Crippen LogP contribution in [0.3, 0.4) is 0 Å². The lowest BCUT2D eigenvalue weighted by atomic mass is 10.0. The van der Waals surface area contributed by atoms with Crippen molar-refractivity contribution in [3.05, 3.63) is 77.5 Å². The number of carbonyl (C=O) groups excluding carboxylic acids is 2. The SMILES string of the molecule is CCOc1cc(C(Nc2ccc(C(=N)N)cc2)C(=O)NN(C)C(=O)c2cccnc2N2CCOCC2)ccc1OC(C)C. The summed E-state index contributed by atoms with van der Waals surface area (Å²) in [4.78, 5) is 33.9. The van der Waals surface area contributed by atoms with E-state index in [1.807, 2.05) is 25.7 Å². The molecule has 5 N–H and O–H groups in total. The van der Waals surface area contributed by atoms with E-state index < -0.39 is 17.9 Å². The van der Waals surface area contributed by atoms with Crippen molar-refractivity contribution < 1.29 is 23.8 Å². The molecule has 12 nitrogen and oxygen atoms in total. The number of nitrogen functional groups attached to an aromatic ring is 1. The third kappa shape index (κ3) is 7.92. The van der Waals surface area contributed by atoms with Gasteiger partial charge in [0.05, 0.1) is 31.5 Å². The van der Waals surface area contributed by atoms with Gasteiger partial charge in [-0.15, -0.1) is 0 Å². The van der Waals surface area contributed by atoms with Gasteiger partial charge in [0.1, 0.15) is 17.7 Å². The number of hydrogen-bond donors (Lipinski definition) is 4. The van der Waals surface area contributed by atoms with Crippen LogP contribution in [-0.2, 0) is 9.53 Å². The number of ether oxygens (including phenoxy) is 3. The van der Waals surface area contributed by atoms with Crippen LogP contribution in [0, 0.1) is 5.41 Å². The Hall–Kier alpha value is -4.84. The van der Waals surface area contributed by atoms with Gasteiger partial charge in [-0.3, -0.25) is 25.4 Å². The number of rotatable bonds is 11. The number of hydrogen-bond acceptors (Lipinski definition) is 9. The molecule has 43 heavy (non-hydrogen) atoms. The van der Waals surface area contributed by atoms with Crippen LogP contribution in [-0.4, -0.2) is 73.7 Å². The average Bonchev–Trinajstić information content (AvgIpc) is 3.01. The fourth-order valence-corrected chi connectivity index (χ4v) is 4.59. The number of hydrazine groups is 1. The Labute approximate surface area is 251 Å². The minimum atomic E-state index is -0.932. The minimum Gasteiger partial charge on any atom is -0.490 e. The maximum absolute atomic E-state index is 13.9. The lowest BCUT2D eigenvalue weighted by Gasteiger charge is -2.30. The zero-order valence-corrected chi connectivity index (χ0v) is 24.9. The van der Waals surface area contributed by atoms with Crippen molar-refractivity contribution in [3.63, 3.8) is 0 Å². The fraction of sp³-hybridized carbons (Fsp3) is 0.355. The molecule has 1 saturated heterocycles. The van der Waals surface area contributed by atoms with Gasteiger partial charge in [0.2, 0.25) is 0 Å². The summed E-state index contributed by atoms with van der Waals surface area (Å²) < 4.78 is 17.2. The van der Waals surface area contributed by atoms with Gasteiger partial charge in [0.25, 0.3) is 11.8 Å². The predicted octanol–water partition coefficient (Wildman–Crippen LogP) is 3.34. The van der Waals surface area contributed by atoms with Crippen molar-refractivity contribution in [3.8, 4) is 11.5 Å². The molecule has 0 radical (unpaired) electrons. The van der Waals surface area contributed by atoms with Gasteiger partial charge < -0.3 is 30.2 Å². The van der Waals surface area contributed by atoms with Gasteiger partial charge in [-0.25, -0.2) is 4.98 Å². The minimum absolute atomic E-state index is 0.0603. The lowest BCUT2D eigenvalue weighted by Crippen LogP contribution is -2.47. The second-order valence-electron chi connectivity index (χ2n) is 10.2. The number of pyridine rings is 1. The second-order valence-corrected chi connectivity index (χ2v) is 10.2. The number of benzene rings is 2. The second kappa shape index (κ2) is 14.4. The molecule has 1 aliphatic heterocycles. The van der Waals surface area contributed by atoms with Crippen LogP contribution >= 0.6 is 0 Å². The topological polar surface area (TPSA) is 155 Å². The highest BCUT2D eigenvalue weighted by molar-refractivity contribution is 6.00. The monoisotopic (exact) mass is 589 g/mol. The van der Waals surface area contributed by atoms with E-state index >= 15 is 0 Å². The number of nitrogens with zero attached hydrogens (tertiary/aromatic N) is 3. The summed E-state index contributed by atoms with van der Waals surface area (Å²) in [5.74, 6) is 0.640. The third-order valence-electron chi connectivity index (χ3n) is 6.64. The number of carbonyl (C=O) groups is 2. The number of anilines is 2. The van der Waals surface area contributed by atoms with Crippen LogP contribution in [0.5, 0.6) is 11.5 Å². The van der Waals surface area contributed by atoms with Crippen LogP contribution in [0.25, 0.3) is 0 Å². The highest BCUT2D eigenvalue weighted by Gasteiger charge is 2.27. The third-order valence-corrected chi connectivity index (χ3v) is 6.64. The van der Waals surface area contributed by atoms with Gasteiger partial charge in [-0.1, -0.05) is 6.07 Å². The first-order chi connectivity index (χ1) is 20.7. The molecule has 2 aromatic carbocycles. The van der Waals surface area contributed by atoms with Crippen molar-refractivity contribution in [2.24, 2.45) is 5.73 Å². The number of nitrogens with two attached hydrogens (primary N) is 1. The molecular formula is C31H39N7O5. The Bertz CT molecular complexity index is 1420. The Balaban J connectivity index is 1.62. The van der Waals surface area contributed by atoms with Gasteiger partial charge in [0, 0.05) is 37.6 Å². The maximum atomic E-state index is 13.9. The molecule has 0 spiro atoms. The van der Waals surface area contributed by atoms with Gasteiger partial charge in [0.15, 0.2) is 11.5 Å². The first kappa shape index (κ1) is 31.1. The van der Waals surface area contributed by atoms with E-state index in [9.17, 15) is 9.59 Å². The molecule has 228 valence electrons. The molecular weight excluding hydrogens is 550 g/mol. The molecule has 4 rings (SSSR count). The predicted molar refractivity (Wildman–Crippen MR) is 165 cm³/mol. The lowest BCUT2D eigenvalue weighted by molar-refractivity contribution is -0.125. The molecule has 1 atom stereocenters. The first-order valence-corrected chi connectivity index (χ1v) is 14.2. The van der Waals surface area contributed by atoms with E-state index in [0.717, 1.165) is 5.01 Å². The Kier molecular flexibility index (Phi) is 10.4. The summed E-state index contributed by atoms with van der Waals surface area (Å²) in [6.45, 7) is 8.43. The van der Waals surface area contributed by atoms with E-state index in [4.69, 9.17) is 25.4 Å². The summed E-state index contributed by atoms with van der Waals surface area (Å²) in [6.07, 6.45) is 1.57. The van der Waals surface area contributed by atoms with Crippen molar-refractivity contribution in [2.75, 3.05) is 50.2 Å². The normalized spacial score (nSPS) is 13.7. The number of amides is 2. The molecule has 0 aliphatic carbocycles. The van der Waals surface area contributed by atoms with E-state index in [-0.39, 0.29) is 11.9 Å². The smallest absolute Gasteiger partial charge is 0.275 e. The summed E-state index contributed by atoms with van der Waals surface area (Å²) in [6, 6.07) is 14.6. The van der Waals surface area contributed by atoms with Crippen LogP contribution in [0.15, 0.2) is 60.8 Å². The maximum Gasteiger partial charge on any atom is 0.275 e. The van der Waals surface area contributed by atoms with Crippen molar-refractivity contribution >= 4 is 29.2 Å². The molecule has 1 aromatic heterocycles.